The minimum Gasteiger partial charge on any atom is -0.497 e. The summed E-state index contributed by atoms with van der Waals surface area (Å²) in [6.07, 6.45) is -0.0582. The van der Waals surface area contributed by atoms with E-state index in [-0.39, 0.29) is 12.0 Å². The van der Waals surface area contributed by atoms with E-state index in [1.165, 1.54) is 0 Å². The van der Waals surface area contributed by atoms with Gasteiger partial charge in [-0.2, -0.15) is 0 Å². The molecule has 0 unspecified atom stereocenters. The molecule has 1 saturated heterocycles. The van der Waals surface area contributed by atoms with Crippen LogP contribution in [-0.2, 0) is 4.74 Å². The first kappa shape index (κ1) is 14.6. The van der Waals surface area contributed by atoms with Crippen molar-refractivity contribution >= 4 is 5.91 Å². The van der Waals surface area contributed by atoms with Gasteiger partial charge in [0, 0.05) is 12.1 Å². The van der Waals surface area contributed by atoms with E-state index in [1.807, 2.05) is 47.4 Å². The molecule has 1 aliphatic rings. The fraction of sp³-hybridized carbons (Fsp3) is 0.278. The highest BCUT2D eigenvalue weighted by molar-refractivity contribution is 5.94. The van der Waals surface area contributed by atoms with Gasteiger partial charge in [-0.25, -0.2) is 0 Å². The number of methoxy groups -OCH3 is 1. The summed E-state index contributed by atoms with van der Waals surface area (Å²) in [6.45, 7) is 1.75. The molecule has 1 amide bonds. The van der Waals surface area contributed by atoms with Crippen LogP contribution in [-0.4, -0.2) is 37.6 Å². The van der Waals surface area contributed by atoms with Crippen LogP contribution >= 0.6 is 0 Å². The van der Waals surface area contributed by atoms with Gasteiger partial charge in [-0.15, -0.1) is 0 Å². The van der Waals surface area contributed by atoms with E-state index in [0.717, 1.165) is 11.3 Å². The van der Waals surface area contributed by atoms with Crippen LogP contribution in [0.1, 0.15) is 22.0 Å². The monoisotopic (exact) mass is 297 g/mol. The zero-order valence-electron chi connectivity index (χ0n) is 12.6. The third-order valence-corrected chi connectivity index (χ3v) is 3.86. The SMILES string of the molecule is COc1ccc(C(=O)N2CCO[C@@H](c3ccccc3)C2)cc1. The molecule has 0 spiro atoms. The van der Waals surface area contributed by atoms with Crippen molar-refractivity contribution in [3.05, 3.63) is 65.7 Å². The summed E-state index contributed by atoms with van der Waals surface area (Å²) < 4.78 is 10.9. The first-order chi connectivity index (χ1) is 10.8. The Bertz CT molecular complexity index is 625. The Morgan fingerprint density at radius 3 is 2.55 bits per heavy atom. The molecule has 0 bridgehead atoms. The van der Waals surface area contributed by atoms with Crippen molar-refractivity contribution in [3.63, 3.8) is 0 Å². The van der Waals surface area contributed by atoms with Crippen molar-refractivity contribution in [2.45, 2.75) is 6.10 Å². The van der Waals surface area contributed by atoms with E-state index in [0.29, 0.717) is 25.3 Å². The molecule has 0 saturated carbocycles. The molecular weight excluding hydrogens is 278 g/mol. The van der Waals surface area contributed by atoms with Crippen LogP contribution in [0.25, 0.3) is 0 Å². The maximum absolute atomic E-state index is 12.6. The normalized spacial score (nSPS) is 18.0. The maximum Gasteiger partial charge on any atom is 0.254 e. The van der Waals surface area contributed by atoms with Gasteiger partial charge in [-0.1, -0.05) is 30.3 Å². The molecule has 0 aliphatic carbocycles. The lowest BCUT2D eigenvalue weighted by molar-refractivity contribution is -0.0228. The summed E-state index contributed by atoms with van der Waals surface area (Å²) in [5, 5.41) is 0. The summed E-state index contributed by atoms with van der Waals surface area (Å²) in [5.74, 6) is 0.785. The van der Waals surface area contributed by atoms with Crippen LogP contribution in [0.5, 0.6) is 5.75 Å². The predicted octanol–water partition coefficient (Wildman–Crippen LogP) is 2.91. The van der Waals surface area contributed by atoms with Crippen LogP contribution in [0, 0.1) is 0 Å². The summed E-state index contributed by atoms with van der Waals surface area (Å²) >= 11 is 0. The lowest BCUT2D eigenvalue weighted by Gasteiger charge is -2.33. The highest BCUT2D eigenvalue weighted by Crippen LogP contribution is 2.23. The Morgan fingerprint density at radius 2 is 1.86 bits per heavy atom. The number of hydrogen-bond acceptors (Lipinski definition) is 3. The van der Waals surface area contributed by atoms with Crippen molar-refractivity contribution in [3.8, 4) is 5.75 Å². The second-order valence-corrected chi connectivity index (χ2v) is 5.25. The molecule has 0 N–H and O–H groups in total. The molecule has 4 nitrogen and oxygen atoms in total. The molecule has 114 valence electrons. The van der Waals surface area contributed by atoms with Crippen LogP contribution in [0.15, 0.2) is 54.6 Å². The number of rotatable bonds is 3. The molecule has 1 heterocycles. The maximum atomic E-state index is 12.6. The van der Waals surface area contributed by atoms with Crippen molar-refractivity contribution in [1.29, 1.82) is 0 Å². The Labute approximate surface area is 130 Å². The number of carbonyl (C=O) groups is 1. The van der Waals surface area contributed by atoms with E-state index in [4.69, 9.17) is 9.47 Å². The van der Waals surface area contributed by atoms with Crippen LogP contribution in [0.4, 0.5) is 0 Å². The van der Waals surface area contributed by atoms with Gasteiger partial charge in [-0.3, -0.25) is 4.79 Å². The minimum atomic E-state index is -0.0582. The third-order valence-electron chi connectivity index (χ3n) is 3.86. The molecule has 4 heteroatoms. The summed E-state index contributed by atoms with van der Waals surface area (Å²) in [7, 11) is 1.61. The van der Waals surface area contributed by atoms with Gasteiger partial charge in [0.1, 0.15) is 11.9 Å². The quantitative estimate of drug-likeness (QED) is 0.874. The fourth-order valence-corrected chi connectivity index (χ4v) is 2.62. The Kier molecular flexibility index (Phi) is 4.39. The molecule has 22 heavy (non-hydrogen) atoms. The molecule has 1 fully saturated rings. The number of carbonyl (C=O) groups excluding carboxylic acids is 1. The molecule has 0 aromatic heterocycles. The van der Waals surface area contributed by atoms with Gasteiger partial charge in [-0.05, 0) is 29.8 Å². The van der Waals surface area contributed by atoms with Crippen molar-refractivity contribution in [2.24, 2.45) is 0 Å². The van der Waals surface area contributed by atoms with Crippen LogP contribution < -0.4 is 4.74 Å². The van der Waals surface area contributed by atoms with Gasteiger partial charge in [0.15, 0.2) is 0 Å². The molecule has 0 radical (unpaired) electrons. The topological polar surface area (TPSA) is 38.8 Å². The smallest absolute Gasteiger partial charge is 0.254 e. The number of nitrogens with zero attached hydrogens (tertiary/aromatic N) is 1. The first-order valence-corrected chi connectivity index (χ1v) is 7.38. The van der Waals surface area contributed by atoms with Gasteiger partial charge in [0.2, 0.25) is 0 Å². The Morgan fingerprint density at radius 1 is 1.14 bits per heavy atom. The third kappa shape index (κ3) is 3.12. The van der Waals surface area contributed by atoms with Crippen LogP contribution in [0.3, 0.4) is 0 Å². The molecular formula is C18H19NO3. The standard InChI is InChI=1S/C18H19NO3/c1-21-16-9-7-15(8-10-16)18(20)19-11-12-22-17(13-19)14-5-3-2-4-6-14/h2-10,17H,11-13H2,1H3/t17-/m1/s1. The second kappa shape index (κ2) is 6.62. The van der Waals surface area contributed by atoms with Crippen molar-refractivity contribution < 1.29 is 14.3 Å². The van der Waals surface area contributed by atoms with E-state index in [1.54, 1.807) is 19.2 Å². The van der Waals surface area contributed by atoms with Gasteiger partial charge in [0.05, 0.1) is 20.3 Å². The van der Waals surface area contributed by atoms with Gasteiger partial charge in [0.25, 0.3) is 5.91 Å². The number of amides is 1. The summed E-state index contributed by atoms with van der Waals surface area (Å²) in [5.41, 5.74) is 1.78. The van der Waals surface area contributed by atoms with Crippen LogP contribution in [0.2, 0.25) is 0 Å². The highest BCUT2D eigenvalue weighted by Gasteiger charge is 2.25. The average Bonchev–Trinajstić information content (AvgIpc) is 2.62. The zero-order valence-corrected chi connectivity index (χ0v) is 12.6. The summed E-state index contributed by atoms with van der Waals surface area (Å²) in [6, 6.07) is 17.2. The lowest BCUT2D eigenvalue weighted by atomic mass is 10.1. The van der Waals surface area contributed by atoms with E-state index >= 15 is 0 Å². The first-order valence-electron chi connectivity index (χ1n) is 7.38. The van der Waals surface area contributed by atoms with Gasteiger partial charge < -0.3 is 14.4 Å². The zero-order chi connectivity index (χ0) is 15.4. The second-order valence-electron chi connectivity index (χ2n) is 5.25. The number of morpholine rings is 1. The largest absolute Gasteiger partial charge is 0.497 e. The van der Waals surface area contributed by atoms with Crippen molar-refractivity contribution in [1.82, 2.24) is 4.90 Å². The minimum absolute atomic E-state index is 0.0342. The Hall–Kier alpha value is -2.33. The van der Waals surface area contributed by atoms with Gasteiger partial charge >= 0.3 is 0 Å². The van der Waals surface area contributed by atoms with E-state index in [2.05, 4.69) is 0 Å². The molecule has 3 rings (SSSR count). The number of ether oxygens (including phenoxy) is 2. The lowest BCUT2D eigenvalue weighted by Crippen LogP contribution is -2.42. The molecule has 2 aromatic carbocycles. The van der Waals surface area contributed by atoms with Crippen molar-refractivity contribution in [2.75, 3.05) is 26.8 Å². The average molecular weight is 297 g/mol. The molecule has 1 atom stereocenters. The predicted molar refractivity (Wildman–Crippen MR) is 84.0 cm³/mol. The fourth-order valence-electron chi connectivity index (χ4n) is 2.62. The Balaban J connectivity index is 1.72. The molecule has 1 aliphatic heterocycles. The highest BCUT2D eigenvalue weighted by atomic mass is 16.5. The number of hydrogen-bond donors (Lipinski definition) is 0. The molecule has 2 aromatic rings. The van der Waals surface area contributed by atoms with E-state index in [9.17, 15) is 4.79 Å². The summed E-state index contributed by atoms with van der Waals surface area (Å²) in [4.78, 5) is 14.5. The number of benzene rings is 2. The van der Waals surface area contributed by atoms with E-state index < -0.39 is 0 Å².